The van der Waals surface area contributed by atoms with E-state index in [1.807, 2.05) is 19.9 Å². The molecule has 3 atom stereocenters. The molecule has 1 heterocycles. The van der Waals surface area contributed by atoms with Crippen LogP contribution in [0.15, 0.2) is 42.5 Å². The molecule has 3 nitrogen and oxygen atoms in total. The quantitative estimate of drug-likeness (QED) is 0.553. The van der Waals surface area contributed by atoms with Crippen molar-refractivity contribution in [1.82, 2.24) is 0 Å². The highest BCUT2D eigenvalue weighted by molar-refractivity contribution is 5.13. The van der Waals surface area contributed by atoms with Crippen LogP contribution in [0, 0.1) is 11.3 Å². The van der Waals surface area contributed by atoms with Crippen molar-refractivity contribution in [1.29, 1.82) is 0 Å². The third kappa shape index (κ3) is 6.22. The zero-order valence-electron chi connectivity index (χ0n) is 17.3. The SMILES string of the molecule is CCC[C@@H](/C=C/[C@@H](C)[C@@H]1OC(C)(C)OCC1(C)C)OCc1ccccc1. The minimum atomic E-state index is -0.519. The summed E-state index contributed by atoms with van der Waals surface area (Å²) in [7, 11) is 0. The average Bonchev–Trinajstić information content (AvgIpc) is 2.60. The van der Waals surface area contributed by atoms with Gasteiger partial charge in [0.05, 0.1) is 25.4 Å². The topological polar surface area (TPSA) is 27.7 Å². The maximum Gasteiger partial charge on any atom is 0.163 e. The van der Waals surface area contributed by atoms with Crippen LogP contribution in [0.4, 0.5) is 0 Å². The van der Waals surface area contributed by atoms with Crippen LogP contribution in [0.2, 0.25) is 0 Å². The van der Waals surface area contributed by atoms with Gasteiger partial charge in [0.25, 0.3) is 0 Å². The van der Waals surface area contributed by atoms with Crippen molar-refractivity contribution < 1.29 is 14.2 Å². The summed E-state index contributed by atoms with van der Waals surface area (Å²) in [5.41, 5.74) is 1.20. The summed E-state index contributed by atoms with van der Waals surface area (Å²) >= 11 is 0. The summed E-state index contributed by atoms with van der Waals surface area (Å²) in [6.45, 7) is 14.2. The second-order valence-corrected chi connectivity index (χ2v) is 8.58. The van der Waals surface area contributed by atoms with E-state index in [2.05, 4.69) is 64.1 Å². The van der Waals surface area contributed by atoms with E-state index >= 15 is 0 Å². The predicted octanol–water partition coefficient (Wildman–Crippen LogP) is 5.74. The molecule has 0 aromatic heterocycles. The van der Waals surface area contributed by atoms with Crippen LogP contribution in [-0.4, -0.2) is 24.6 Å². The van der Waals surface area contributed by atoms with Gasteiger partial charge in [-0.1, -0.05) is 76.6 Å². The maximum atomic E-state index is 6.26. The van der Waals surface area contributed by atoms with Crippen molar-refractivity contribution in [2.45, 2.75) is 79.0 Å². The Bertz CT molecular complexity index is 562. The first-order chi connectivity index (χ1) is 12.2. The summed E-state index contributed by atoms with van der Waals surface area (Å²) in [5, 5.41) is 0. The molecule has 0 unspecified atom stereocenters. The molecule has 0 spiro atoms. The van der Waals surface area contributed by atoms with E-state index in [1.165, 1.54) is 5.56 Å². The van der Waals surface area contributed by atoms with Gasteiger partial charge in [0.15, 0.2) is 5.79 Å². The largest absolute Gasteiger partial charge is 0.369 e. The van der Waals surface area contributed by atoms with E-state index in [9.17, 15) is 0 Å². The van der Waals surface area contributed by atoms with Gasteiger partial charge in [-0.3, -0.25) is 0 Å². The second-order valence-electron chi connectivity index (χ2n) is 8.58. The molecule has 0 amide bonds. The van der Waals surface area contributed by atoms with Gasteiger partial charge < -0.3 is 14.2 Å². The fourth-order valence-corrected chi connectivity index (χ4v) is 3.46. The third-order valence-corrected chi connectivity index (χ3v) is 4.96. The third-order valence-electron chi connectivity index (χ3n) is 4.96. The van der Waals surface area contributed by atoms with E-state index in [0.29, 0.717) is 19.1 Å². The molecule has 1 aromatic carbocycles. The molecule has 1 aliphatic heterocycles. The lowest BCUT2D eigenvalue weighted by atomic mass is 9.79. The maximum absolute atomic E-state index is 6.26. The first-order valence-electron chi connectivity index (χ1n) is 9.89. The van der Waals surface area contributed by atoms with Crippen LogP contribution >= 0.6 is 0 Å². The highest BCUT2D eigenvalue weighted by Gasteiger charge is 2.43. The van der Waals surface area contributed by atoms with E-state index in [-0.39, 0.29) is 17.6 Å². The van der Waals surface area contributed by atoms with Crippen LogP contribution in [0.3, 0.4) is 0 Å². The van der Waals surface area contributed by atoms with Gasteiger partial charge in [0.2, 0.25) is 0 Å². The Morgan fingerprint density at radius 2 is 1.85 bits per heavy atom. The van der Waals surface area contributed by atoms with Crippen LogP contribution in [-0.2, 0) is 20.8 Å². The molecule has 0 saturated carbocycles. The fourth-order valence-electron chi connectivity index (χ4n) is 3.46. The molecular formula is C23H36O3. The lowest BCUT2D eigenvalue weighted by Gasteiger charge is -2.47. The molecule has 3 heteroatoms. The molecule has 26 heavy (non-hydrogen) atoms. The Labute approximate surface area is 159 Å². The highest BCUT2D eigenvalue weighted by atomic mass is 16.7. The van der Waals surface area contributed by atoms with E-state index < -0.39 is 5.79 Å². The summed E-state index contributed by atoms with van der Waals surface area (Å²) in [6, 6.07) is 10.4. The van der Waals surface area contributed by atoms with Crippen molar-refractivity contribution in [3.8, 4) is 0 Å². The fraction of sp³-hybridized carbons (Fsp3) is 0.652. The van der Waals surface area contributed by atoms with Crippen molar-refractivity contribution >= 4 is 0 Å². The zero-order valence-corrected chi connectivity index (χ0v) is 17.3. The number of rotatable bonds is 8. The van der Waals surface area contributed by atoms with E-state index in [4.69, 9.17) is 14.2 Å². The Morgan fingerprint density at radius 1 is 1.15 bits per heavy atom. The minimum absolute atomic E-state index is 0.00950. The number of ether oxygens (including phenoxy) is 3. The molecule has 1 fully saturated rings. The molecule has 1 aromatic rings. The molecule has 1 aliphatic rings. The molecule has 0 N–H and O–H groups in total. The summed E-state index contributed by atoms with van der Waals surface area (Å²) in [4.78, 5) is 0. The molecular weight excluding hydrogens is 324 g/mol. The van der Waals surface area contributed by atoms with Gasteiger partial charge in [0, 0.05) is 11.3 Å². The van der Waals surface area contributed by atoms with Crippen LogP contribution in [0.25, 0.3) is 0 Å². The van der Waals surface area contributed by atoms with Crippen LogP contribution in [0.1, 0.15) is 59.9 Å². The molecule has 0 aliphatic carbocycles. The van der Waals surface area contributed by atoms with Gasteiger partial charge in [-0.2, -0.15) is 0 Å². The minimum Gasteiger partial charge on any atom is -0.369 e. The Morgan fingerprint density at radius 3 is 2.50 bits per heavy atom. The first-order valence-corrected chi connectivity index (χ1v) is 9.89. The van der Waals surface area contributed by atoms with Gasteiger partial charge in [-0.25, -0.2) is 0 Å². The van der Waals surface area contributed by atoms with Crippen LogP contribution < -0.4 is 0 Å². The smallest absolute Gasteiger partial charge is 0.163 e. The van der Waals surface area contributed by atoms with Gasteiger partial charge in [-0.05, 0) is 25.8 Å². The summed E-state index contributed by atoms with van der Waals surface area (Å²) < 4.78 is 18.2. The summed E-state index contributed by atoms with van der Waals surface area (Å²) in [5.74, 6) is -0.220. The second kappa shape index (κ2) is 9.16. The van der Waals surface area contributed by atoms with Crippen molar-refractivity contribution in [3.05, 3.63) is 48.0 Å². The Kier molecular flexibility index (Phi) is 7.45. The van der Waals surface area contributed by atoms with E-state index in [1.54, 1.807) is 0 Å². The molecule has 0 bridgehead atoms. The standard InChI is InChI=1S/C23H36O3/c1-7-11-20(24-16-19-12-9-8-10-13-19)15-14-18(2)21-22(3,4)17-25-23(5,6)26-21/h8-10,12-15,18,20-21H,7,11,16-17H2,1-6H3/b15-14+/t18-,20+,21+/m1/s1. The number of hydrogen-bond donors (Lipinski definition) is 0. The monoisotopic (exact) mass is 360 g/mol. The Balaban J connectivity index is 1.98. The highest BCUT2D eigenvalue weighted by Crippen LogP contribution is 2.38. The van der Waals surface area contributed by atoms with Gasteiger partial charge in [-0.15, -0.1) is 0 Å². The van der Waals surface area contributed by atoms with Crippen LogP contribution in [0.5, 0.6) is 0 Å². The normalized spacial score (nSPS) is 24.5. The van der Waals surface area contributed by atoms with Crippen molar-refractivity contribution in [3.63, 3.8) is 0 Å². The van der Waals surface area contributed by atoms with Gasteiger partial charge >= 0.3 is 0 Å². The molecule has 1 saturated heterocycles. The van der Waals surface area contributed by atoms with Gasteiger partial charge in [0.1, 0.15) is 0 Å². The Hall–Kier alpha value is -1.16. The van der Waals surface area contributed by atoms with Crippen molar-refractivity contribution in [2.75, 3.05) is 6.61 Å². The molecule has 146 valence electrons. The van der Waals surface area contributed by atoms with Crippen molar-refractivity contribution in [2.24, 2.45) is 11.3 Å². The van der Waals surface area contributed by atoms with E-state index in [0.717, 1.165) is 12.8 Å². The number of hydrogen-bond acceptors (Lipinski definition) is 3. The molecule has 0 radical (unpaired) electrons. The summed E-state index contributed by atoms with van der Waals surface area (Å²) in [6.07, 6.45) is 6.87. The lowest BCUT2D eigenvalue weighted by Crippen LogP contribution is -2.52. The average molecular weight is 361 g/mol. The number of benzene rings is 1. The molecule has 2 rings (SSSR count). The zero-order chi connectivity index (χ0) is 19.2. The lowest BCUT2D eigenvalue weighted by molar-refractivity contribution is -0.318. The first kappa shape index (κ1) is 21.1. The predicted molar refractivity (Wildman–Crippen MR) is 107 cm³/mol.